The molecule has 2 heterocycles. The summed E-state index contributed by atoms with van der Waals surface area (Å²) in [6.45, 7) is 1.47. The Kier molecular flexibility index (Phi) is 8.03. The van der Waals surface area contributed by atoms with E-state index in [9.17, 15) is 20.1 Å². The van der Waals surface area contributed by atoms with Crippen LogP contribution in [0.1, 0.15) is 78.3 Å². The monoisotopic (exact) mass is 629 g/mol. The average Bonchev–Trinajstić information content (AvgIpc) is 3.74. The lowest BCUT2D eigenvalue weighted by atomic mass is 9.73. The van der Waals surface area contributed by atoms with Crippen LogP contribution in [0, 0.1) is 17.2 Å². The molecule has 2 aliphatic carbocycles. The van der Waals surface area contributed by atoms with Crippen molar-refractivity contribution in [1.82, 2.24) is 14.9 Å². The van der Waals surface area contributed by atoms with Crippen molar-refractivity contribution in [3.63, 3.8) is 0 Å². The number of aliphatic hydroxyl groups excluding tert-OH is 2. The highest BCUT2D eigenvalue weighted by molar-refractivity contribution is 6.30. The largest absolute Gasteiger partial charge is 0.396 e. The average molecular weight is 631 g/mol. The lowest BCUT2D eigenvalue weighted by Gasteiger charge is -2.40. The van der Waals surface area contributed by atoms with Crippen LogP contribution >= 0.6 is 23.2 Å². The molecule has 1 aromatic heterocycles. The van der Waals surface area contributed by atoms with Crippen LogP contribution < -0.4 is 0 Å². The van der Waals surface area contributed by atoms with Gasteiger partial charge in [-0.3, -0.25) is 9.69 Å². The van der Waals surface area contributed by atoms with Crippen molar-refractivity contribution in [3.8, 4) is 0 Å². The van der Waals surface area contributed by atoms with Crippen LogP contribution in [0.4, 0.5) is 4.39 Å². The van der Waals surface area contributed by atoms with E-state index in [1.54, 1.807) is 37.3 Å². The lowest BCUT2D eigenvalue weighted by molar-refractivity contribution is -0.131. The van der Waals surface area contributed by atoms with Gasteiger partial charge in [0.25, 0.3) is 5.91 Å². The number of aromatic nitrogens is 2. The second-order valence-corrected chi connectivity index (χ2v) is 13.2. The predicted octanol–water partition coefficient (Wildman–Crippen LogP) is 5.33. The zero-order chi connectivity index (χ0) is 30.6. The standard InChI is InChI=1S/C32H34Cl2FN3O5/c1-30(42,19-4-8-24(40)9-5-19)21-12-25-28(26(35)13-21)32(20-2-6-22(33)7-3-20,43-18-31(17-39)10-11-31)38(29(25)41)16-27-36-14-23(34)15-37-27/h2-3,6-7,12-15,19,24,39-40,42H,4-5,8-11,16-18H2,1H3/t19?,24?,30-,32-/m1/s1. The Bertz CT molecular complexity index is 1510. The zero-order valence-corrected chi connectivity index (χ0v) is 25.3. The Hall–Kier alpha value is -2.66. The molecule has 3 aromatic rings. The minimum Gasteiger partial charge on any atom is -0.396 e. The van der Waals surface area contributed by atoms with Gasteiger partial charge in [0, 0.05) is 28.4 Å². The summed E-state index contributed by atoms with van der Waals surface area (Å²) >= 11 is 12.3. The summed E-state index contributed by atoms with van der Waals surface area (Å²) in [6, 6.07) is 9.52. The smallest absolute Gasteiger partial charge is 0.257 e. The van der Waals surface area contributed by atoms with E-state index < -0.39 is 34.6 Å². The van der Waals surface area contributed by atoms with Crippen molar-refractivity contribution in [1.29, 1.82) is 0 Å². The molecule has 11 heteroatoms. The van der Waals surface area contributed by atoms with Crippen LogP contribution in [0.3, 0.4) is 0 Å². The van der Waals surface area contributed by atoms with Gasteiger partial charge in [0.05, 0.1) is 47.6 Å². The third kappa shape index (κ3) is 5.45. The van der Waals surface area contributed by atoms with E-state index in [4.69, 9.17) is 27.9 Å². The number of hydrogen-bond donors (Lipinski definition) is 3. The molecule has 8 nitrogen and oxygen atoms in total. The SMILES string of the molecule is C[C@](O)(c1cc(F)c2c(c1)C(=O)N(Cc1ncc(Cl)cn1)[C@@]2(OCC1(CO)CC1)c1ccc(Cl)cc1)C1CCC(O)CC1. The summed E-state index contributed by atoms with van der Waals surface area (Å²) in [7, 11) is 0. The maximum Gasteiger partial charge on any atom is 0.257 e. The van der Waals surface area contributed by atoms with E-state index in [0.717, 1.165) is 12.8 Å². The van der Waals surface area contributed by atoms with Gasteiger partial charge in [-0.15, -0.1) is 0 Å². The number of halogens is 3. The van der Waals surface area contributed by atoms with Gasteiger partial charge in [-0.2, -0.15) is 0 Å². The Labute approximate surface area is 259 Å². The number of benzene rings is 2. The molecule has 0 bridgehead atoms. The number of aliphatic hydroxyl groups is 3. The molecule has 6 rings (SSSR count). The van der Waals surface area contributed by atoms with Gasteiger partial charge < -0.3 is 20.1 Å². The quantitative estimate of drug-likeness (QED) is 0.293. The van der Waals surface area contributed by atoms with Crippen molar-refractivity contribution in [2.45, 2.75) is 69.4 Å². The van der Waals surface area contributed by atoms with Gasteiger partial charge in [0.1, 0.15) is 11.6 Å². The second kappa shape index (κ2) is 11.4. The Morgan fingerprint density at radius 3 is 2.33 bits per heavy atom. The summed E-state index contributed by atoms with van der Waals surface area (Å²) in [6.07, 6.45) is 6.13. The van der Waals surface area contributed by atoms with Crippen molar-refractivity contribution < 1.29 is 29.2 Å². The minimum atomic E-state index is -1.74. The Balaban J connectivity index is 1.52. The third-order valence-electron chi connectivity index (χ3n) is 9.45. The molecule has 0 spiro atoms. The molecule has 0 radical (unpaired) electrons. The normalized spacial score (nSPS) is 25.8. The zero-order valence-electron chi connectivity index (χ0n) is 23.8. The van der Waals surface area contributed by atoms with Gasteiger partial charge in [0.2, 0.25) is 0 Å². The van der Waals surface area contributed by atoms with Gasteiger partial charge in [-0.1, -0.05) is 35.3 Å². The van der Waals surface area contributed by atoms with Crippen molar-refractivity contribution in [2.75, 3.05) is 13.2 Å². The number of carbonyl (C=O) groups excluding carboxylic acids is 1. The lowest BCUT2D eigenvalue weighted by Crippen LogP contribution is -2.48. The molecule has 0 saturated heterocycles. The predicted molar refractivity (Wildman–Crippen MR) is 158 cm³/mol. The molecule has 1 aliphatic heterocycles. The van der Waals surface area contributed by atoms with Crippen molar-refractivity contribution in [3.05, 3.63) is 92.7 Å². The van der Waals surface area contributed by atoms with E-state index in [-0.39, 0.29) is 48.2 Å². The highest BCUT2D eigenvalue weighted by atomic mass is 35.5. The maximum absolute atomic E-state index is 16.7. The van der Waals surface area contributed by atoms with Crippen molar-refractivity contribution in [2.24, 2.45) is 11.3 Å². The maximum atomic E-state index is 16.7. The fourth-order valence-corrected chi connectivity index (χ4v) is 6.67. The molecular formula is C32H34Cl2FN3O5. The molecule has 2 aromatic carbocycles. The summed E-state index contributed by atoms with van der Waals surface area (Å²) < 4.78 is 23.4. The molecular weight excluding hydrogens is 596 g/mol. The molecule has 43 heavy (non-hydrogen) atoms. The van der Waals surface area contributed by atoms with E-state index in [1.165, 1.54) is 23.4 Å². The fraction of sp³-hybridized carbons (Fsp3) is 0.469. The second-order valence-electron chi connectivity index (χ2n) is 12.3. The number of fused-ring (bicyclic) bond motifs is 1. The minimum absolute atomic E-state index is 0.0149. The first-order valence-electron chi connectivity index (χ1n) is 14.5. The first kappa shape index (κ1) is 30.4. The number of amides is 1. The topological polar surface area (TPSA) is 116 Å². The number of carbonyl (C=O) groups is 1. The number of ether oxygens (including phenoxy) is 1. The highest BCUT2D eigenvalue weighted by Crippen LogP contribution is 2.53. The molecule has 3 aliphatic rings. The number of rotatable bonds is 9. The van der Waals surface area contributed by atoms with Crippen LogP contribution in [0.15, 0.2) is 48.8 Å². The molecule has 228 valence electrons. The van der Waals surface area contributed by atoms with Gasteiger partial charge in [-0.05, 0) is 81.2 Å². The first-order valence-corrected chi connectivity index (χ1v) is 15.3. The fourth-order valence-electron chi connectivity index (χ4n) is 6.45. The molecule has 3 N–H and O–H groups in total. The highest BCUT2D eigenvalue weighted by Gasteiger charge is 2.57. The number of nitrogens with zero attached hydrogens (tertiary/aromatic N) is 3. The third-order valence-corrected chi connectivity index (χ3v) is 9.90. The first-order chi connectivity index (χ1) is 20.5. The van der Waals surface area contributed by atoms with E-state index in [1.807, 2.05) is 0 Å². The van der Waals surface area contributed by atoms with Gasteiger partial charge >= 0.3 is 0 Å². The van der Waals surface area contributed by atoms with Gasteiger partial charge in [0.15, 0.2) is 5.72 Å². The van der Waals surface area contributed by atoms with Crippen LogP contribution in [0.2, 0.25) is 10.0 Å². The molecule has 2 atom stereocenters. The van der Waals surface area contributed by atoms with E-state index in [2.05, 4.69) is 9.97 Å². The van der Waals surface area contributed by atoms with Crippen LogP contribution in [-0.2, 0) is 22.6 Å². The van der Waals surface area contributed by atoms with Crippen LogP contribution in [0.5, 0.6) is 0 Å². The number of hydrogen-bond acceptors (Lipinski definition) is 7. The summed E-state index contributed by atoms with van der Waals surface area (Å²) in [5.74, 6) is -1.18. The van der Waals surface area contributed by atoms with Gasteiger partial charge in [-0.25, -0.2) is 14.4 Å². The van der Waals surface area contributed by atoms with E-state index >= 15 is 4.39 Å². The van der Waals surface area contributed by atoms with E-state index in [0.29, 0.717) is 41.3 Å². The summed E-state index contributed by atoms with van der Waals surface area (Å²) in [4.78, 5) is 24.4. The van der Waals surface area contributed by atoms with Crippen molar-refractivity contribution >= 4 is 29.1 Å². The molecule has 2 saturated carbocycles. The Morgan fingerprint density at radius 2 is 1.72 bits per heavy atom. The van der Waals surface area contributed by atoms with Crippen LogP contribution in [-0.4, -0.2) is 55.4 Å². The Morgan fingerprint density at radius 1 is 1.07 bits per heavy atom. The molecule has 1 amide bonds. The molecule has 2 fully saturated rings. The van der Waals surface area contributed by atoms with Crippen LogP contribution in [0.25, 0.3) is 0 Å². The molecule has 0 unspecified atom stereocenters. The summed E-state index contributed by atoms with van der Waals surface area (Å²) in [5.41, 5.74) is -2.85. The summed E-state index contributed by atoms with van der Waals surface area (Å²) in [5, 5.41) is 32.6.